The molecule has 0 spiro atoms. The number of hydrogen-bond donors (Lipinski definition) is 0. The van der Waals surface area contributed by atoms with E-state index in [1.54, 1.807) is 0 Å². The fraction of sp³-hybridized carbons (Fsp3) is 0. The van der Waals surface area contributed by atoms with Crippen molar-refractivity contribution in [3.05, 3.63) is 0 Å². The van der Waals surface area contributed by atoms with Crippen LogP contribution in [0.2, 0.25) is 0 Å². The van der Waals surface area contributed by atoms with Gasteiger partial charge in [0, 0.05) is 89.4 Å². The topological polar surface area (TPSA) is 0 Å². The van der Waals surface area contributed by atoms with Gasteiger partial charge in [-0.2, -0.15) is 0 Å². The summed E-state index contributed by atoms with van der Waals surface area (Å²) in [6, 6.07) is 0. The van der Waals surface area contributed by atoms with Crippen LogP contribution in [0.5, 0.6) is 0 Å². The predicted octanol–water partition coefficient (Wildman–Crippen LogP) is -0.391. The molecule has 0 rings (SSSR count). The van der Waals surface area contributed by atoms with Gasteiger partial charge >= 0.3 is 0 Å². The Bertz CT molecular complexity index is 9.61. The molecular formula is AlCrNi2Ti. The van der Waals surface area contributed by atoms with E-state index >= 15 is 0 Å². The Morgan fingerprint density at radius 1 is 0.800 bits per heavy atom. The summed E-state index contributed by atoms with van der Waals surface area (Å²) in [6.07, 6.45) is 0. The Hall–Kier alpha value is 2.77. The summed E-state index contributed by atoms with van der Waals surface area (Å²) < 4.78 is 0. The first-order valence-corrected chi connectivity index (χ1v) is 0. The zero-order chi connectivity index (χ0) is 0. The van der Waals surface area contributed by atoms with Gasteiger partial charge < -0.3 is 0 Å². The molecule has 0 unspecified atom stereocenters. The molecule has 5 heteroatoms. The van der Waals surface area contributed by atoms with E-state index in [0.717, 1.165) is 0 Å². The van der Waals surface area contributed by atoms with Gasteiger partial charge in [-0.05, 0) is 0 Å². The average molecular weight is 244 g/mol. The average Bonchev–Trinajstić information content (AvgIpc) is 0. The van der Waals surface area contributed by atoms with Crippen LogP contribution in [0.25, 0.3) is 0 Å². The third-order valence-corrected chi connectivity index (χ3v) is 0. The van der Waals surface area contributed by atoms with Gasteiger partial charge in [-0.25, -0.2) is 0 Å². The van der Waals surface area contributed by atoms with Crippen molar-refractivity contribution < 1.29 is 72.1 Å². The van der Waals surface area contributed by atoms with Crippen molar-refractivity contribution in [3.8, 4) is 0 Å². The summed E-state index contributed by atoms with van der Waals surface area (Å²) in [5.74, 6) is 0. The van der Waals surface area contributed by atoms with Gasteiger partial charge in [-0.15, -0.1) is 0 Å². The van der Waals surface area contributed by atoms with E-state index in [4.69, 9.17) is 0 Å². The molecule has 0 aromatic rings. The standard InChI is InChI=1S/Al.Cr.2Ni.Ti. The first-order valence-electron chi connectivity index (χ1n) is 0. The van der Waals surface area contributed by atoms with Crippen LogP contribution in [0.4, 0.5) is 0 Å². The number of rotatable bonds is 0. The minimum atomic E-state index is 0. The van der Waals surface area contributed by atoms with Crippen molar-refractivity contribution in [2.24, 2.45) is 0 Å². The van der Waals surface area contributed by atoms with Crippen LogP contribution in [-0.2, 0) is 72.1 Å². The van der Waals surface area contributed by atoms with E-state index in [1.807, 2.05) is 0 Å². The van der Waals surface area contributed by atoms with Gasteiger partial charge in [0.15, 0.2) is 0 Å². The van der Waals surface area contributed by atoms with Crippen LogP contribution < -0.4 is 0 Å². The minimum absolute atomic E-state index is 0. The van der Waals surface area contributed by atoms with Gasteiger partial charge in [0.05, 0.1) is 0 Å². The van der Waals surface area contributed by atoms with Gasteiger partial charge in [0.2, 0.25) is 0 Å². The molecule has 0 aromatic heterocycles. The molecule has 33 valence electrons. The minimum Gasteiger partial charge on any atom is 0 e. The van der Waals surface area contributed by atoms with E-state index in [9.17, 15) is 0 Å². The maximum atomic E-state index is 0. The Balaban J connectivity index is 0. The van der Waals surface area contributed by atoms with Gasteiger partial charge in [-0.3, -0.25) is 0 Å². The summed E-state index contributed by atoms with van der Waals surface area (Å²) in [5.41, 5.74) is 0. The maximum absolute atomic E-state index is 0. The Morgan fingerprint density at radius 3 is 0.800 bits per heavy atom. The van der Waals surface area contributed by atoms with Crippen molar-refractivity contribution in [2.75, 3.05) is 0 Å². The molecule has 0 heterocycles. The van der Waals surface area contributed by atoms with Gasteiger partial charge in [0.25, 0.3) is 0 Å². The second kappa shape index (κ2) is 29.4. The first-order chi connectivity index (χ1) is 0. The molecule has 0 saturated carbocycles. The smallest absolute Gasteiger partial charge is 0 e. The Labute approximate surface area is 88.2 Å². The normalized spacial score (nSPS) is 0. The molecule has 0 fully saturated rings. The molecule has 0 saturated heterocycles. The van der Waals surface area contributed by atoms with Crippen molar-refractivity contribution in [2.45, 2.75) is 0 Å². The summed E-state index contributed by atoms with van der Waals surface area (Å²) in [7, 11) is 0. The van der Waals surface area contributed by atoms with E-state index < -0.39 is 0 Å². The third-order valence-electron chi connectivity index (χ3n) is 0. The summed E-state index contributed by atoms with van der Waals surface area (Å²) >= 11 is 0. The van der Waals surface area contributed by atoms with Gasteiger partial charge in [-0.1, -0.05) is 0 Å². The molecule has 3 radical (unpaired) electrons. The maximum Gasteiger partial charge on any atom is 0 e. The van der Waals surface area contributed by atoms with Crippen LogP contribution in [0.15, 0.2) is 0 Å². The van der Waals surface area contributed by atoms with Crippen molar-refractivity contribution >= 4 is 17.4 Å². The van der Waals surface area contributed by atoms with E-state index in [2.05, 4.69) is 0 Å². The zero-order valence-electron chi connectivity index (χ0n) is 2.12. The fourth-order valence-electron chi connectivity index (χ4n) is 0. The monoisotopic (exact) mass is 243 g/mol. The van der Waals surface area contributed by atoms with E-state index in [-0.39, 0.29) is 89.4 Å². The van der Waals surface area contributed by atoms with Crippen LogP contribution in [-0.4, -0.2) is 17.4 Å². The van der Waals surface area contributed by atoms with Crippen molar-refractivity contribution in [1.29, 1.82) is 0 Å². The van der Waals surface area contributed by atoms with Crippen LogP contribution in [0, 0.1) is 0 Å². The summed E-state index contributed by atoms with van der Waals surface area (Å²) in [5, 5.41) is 0. The fourth-order valence-corrected chi connectivity index (χ4v) is 0. The second-order valence-corrected chi connectivity index (χ2v) is 0. The zero-order valence-corrected chi connectivity index (χ0v) is 8.08. The number of hydrogen-bond acceptors (Lipinski definition) is 0. The molecule has 0 aliphatic rings. The van der Waals surface area contributed by atoms with Crippen LogP contribution in [0.1, 0.15) is 0 Å². The van der Waals surface area contributed by atoms with E-state index in [0.29, 0.717) is 0 Å². The third kappa shape index (κ3) is 20.1. The second-order valence-electron chi connectivity index (χ2n) is 0. The Kier molecular flexibility index (Phi) is 273. The molecule has 0 aliphatic heterocycles. The molecular weight excluding hydrogens is 244 g/mol. The molecule has 0 nitrogen and oxygen atoms in total. The first kappa shape index (κ1) is 46.5. The van der Waals surface area contributed by atoms with E-state index in [1.165, 1.54) is 0 Å². The SMILES string of the molecule is [Al].[Cr].[Ni].[Ni].[Ti]. The quantitative estimate of drug-likeness (QED) is 0.509. The molecule has 0 atom stereocenters. The Morgan fingerprint density at radius 2 is 0.800 bits per heavy atom. The van der Waals surface area contributed by atoms with Crippen LogP contribution in [0.3, 0.4) is 0 Å². The molecule has 0 N–H and O–H groups in total. The van der Waals surface area contributed by atoms with Gasteiger partial charge in [0.1, 0.15) is 0 Å². The van der Waals surface area contributed by atoms with Crippen molar-refractivity contribution in [3.63, 3.8) is 0 Å². The molecule has 0 aliphatic carbocycles. The summed E-state index contributed by atoms with van der Waals surface area (Å²) in [6.45, 7) is 0. The largest absolute Gasteiger partial charge is 0 e. The summed E-state index contributed by atoms with van der Waals surface area (Å²) in [4.78, 5) is 0. The molecule has 0 amide bonds. The predicted molar refractivity (Wildman–Crippen MR) is 5.75 cm³/mol. The molecule has 0 bridgehead atoms. The van der Waals surface area contributed by atoms with Crippen LogP contribution >= 0.6 is 0 Å². The van der Waals surface area contributed by atoms with Crippen molar-refractivity contribution in [1.82, 2.24) is 0 Å². The molecule has 0 aromatic carbocycles. The molecule has 5 heavy (non-hydrogen) atoms.